The van der Waals surface area contributed by atoms with Crippen molar-refractivity contribution in [1.29, 1.82) is 0 Å². The predicted octanol–water partition coefficient (Wildman–Crippen LogP) is 2.45. The summed E-state index contributed by atoms with van der Waals surface area (Å²) in [7, 11) is -2.53. The minimum absolute atomic E-state index is 0.0191. The fourth-order valence-electron chi connectivity index (χ4n) is 2.84. The average Bonchev–Trinajstić information content (AvgIpc) is 2.76. The lowest BCUT2D eigenvalue weighted by atomic mass is 10.1. The zero-order valence-corrected chi connectivity index (χ0v) is 20.6. The number of rotatable bonds is 8. The number of nitrogens with one attached hydrogen (secondary N) is 1. The first-order chi connectivity index (χ1) is 15.7. The number of carbonyl (C=O) groups is 2. The quantitative estimate of drug-likeness (QED) is 0.529. The first-order valence-electron chi connectivity index (χ1n) is 10.3. The summed E-state index contributed by atoms with van der Waals surface area (Å²) in [5, 5.41) is 10.6. The van der Waals surface area contributed by atoms with E-state index in [2.05, 4.69) is 5.32 Å². The number of piperazine rings is 1. The third-order valence-electron chi connectivity index (χ3n) is 4.72. The van der Waals surface area contributed by atoms with Crippen LogP contribution in [-0.4, -0.2) is 87.2 Å². The van der Waals surface area contributed by atoms with Crippen molar-refractivity contribution < 1.29 is 41.0 Å². The normalized spacial score (nSPS) is 14.6. The van der Waals surface area contributed by atoms with E-state index in [-0.39, 0.29) is 29.6 Å². The largest absolute Gasteiger partial charge is 0.495 e. The molecule has 14 heteroatoms. The highest BCUT2D eigenvalue weighted by Crippen LogP contribution is 2.30. The molecule has 0 saturated carbocycles. The molecule has 2 rings (SSSR count). The number of ether oxygens (including phenoxy) is 1. The second-order valence-electron chi connectivity index (χ2n) is 7.75. The summed E-state index contributed by atoms with van der Waals surface area (Å²) < 4.78 is 64.8. The molecule has 1 heterocycles. The van der Waals surface area contributed by atoms with Crippen LogP contribution in [0.15, 0.2) is 23.1 Å². The van der Waals surface area contributed by atoms with Gasteiger partial charge in [0, 0.05) is 37.7 Å². The van der Waals surface area contributed by atoms with Crippen molar-refractivity contribution in [2.75, 3.05) is 46.4 Å². The molecule has 1 aromatic carbocycles. The van der Waals surface area contributed by atoms with Crippen LogP contribution in [0.1, 0.15) is 20.3 Å². The second-order valence-corrected chi connectivity index (χ2v) is 10.1. The van der Waals surface area contributed by atoms with E-state index in [1.54, 1.807) is 11.0 Å². The van der Waals surface area contributed by atoms with Gasteiger partial charge in [0.2, 0.25) is 15.9 Å². The van der Waals surface area contributed by atoms with E-state index in [1.165, 1.54) is 23.5 Å². The van der Waals surface area contributed by atoms with Crippen LogP contribution in [0.3, 0.4) is 0 Å². The van der Waals surface area contributed by atoms with E-state index < -0.39 is 22.2 Å². The Morgan fingerprint density at radius 1 is 1.26 bits per heavy atom. The Bertz CT molecular complexity index is 938. The molecular formula is C20H29ClF3N3O6S. The molecule has 194 valence electrons. The molecule has 0 radical (unpaired) electrons. The molecule has 1 saturated heterocycles. The molecule has 0 aliphatic carbocycles. The van der Waals surface area contributed by atoms with Crippen molar-refractivity contribution in [2.45, 2.75) is 31.3 Å². The number of benzene rings is 1. The Morgan fingerprint density at radius 3 is 2.29 bits per heavy atom. The SMILES string of the molecule is COc1ccc(Cl)cc1S(=O)(=O)N(CCC(C)C)CC(=O)N1CCNCC1.O=C(O)C(F)(F)F. The van der Waals surface area contributed by atoms with E-state index in [0.29, 0.717) is 43.5 Å². The number of alkyl halides is 3. The first-order valence-corrected chi connectivity index (χ1v) is 12.1. The summed E-state index contributed by atoms with van der Waals surface area (Å²) in [6, 6.07) is 4.46. The van der Waals surface area contributed by atoms with Crippen molar-refractivity contribution in [1.82, 2.24) is 14.5 Å². The maximum Gasteiger partial charge on any atom is 0.490 e. The summed E-state index contributed by atoms with van der Waals surface area (Å²) in [6.45, 7) is 6.69. The van der Waals surface area contributed by atoms with E-state index >= 15 is 0 Å². The molecule has 0 atom stereocenters. The highest BCUT2D eigenvalue weighted by atomic mass is 35.5. The zero-order valence-electron chi connectivity index (χ0n) is 19.1. The highest BCUT2D eigenvalue weighted by molar-refractivity contribution is 7.89. The van der Waals surface area contributed by atoms with Crippen LogP contribution in [0.2, 0.25) is 5.02 Å². The number of hydrogen-bond donors (Lipinski definition) is 2. The van der Waals surface area contributed by atoms with Gasteiger partial charge in [0.05, 0.1) is 13.7 Å². The molecular weight excluding hydrogens is 503 g/mol. The Balaban J connectivity index is 0.000000718. The van der Waals surface area contributed by atoms with Crippen molar-refractivity contribution >= 4 is 33.5 Å². The second kappa shape index (κ2) is 13.1. The summed E-state index contributed by atoms with van der Waals surface area (Å²) in [5.74, 6) is -2.43. The molecule has 0 bridgehead atoms. The number of carboxylic acids is 1. The van der Waals surface area contributed by atoms with Crippen molar-refractivity contribution in [2.24, 2.45) is 5.92 Å². The maximum atomic E-state index is 13.3. The van der Waals surface area contributed by atoms with Gasteiger partial charge in [0.1, 0.15) is 10.6 Å². The number of halogens is 4. The lowest BCUT2D eigenvalue weighted by Gasteiger charge is -2.30. The molecule has 34 heavy (non-hydrogen) atoms. The predicted molar refractivity (Wildman–Crippen MR) is 119 cm³/mol. The van der Waals surface area contributed by atoms with Crippen molar-refractivity contribution in [3.05, 3.63) is 23.2 Å². The third-order valence-corrected chi connectivity index (χ3v) is 6.82. The van der Waals surface area contributed by atoms with Gasteiger partial charge in [-0.25, -0.2) is 13.2 Å². The minimum atomic E-state index is -5.08. The van der Waals surface area contributed by atoms with Crippen LogP contribution in [-0.2, 0) is 19.6 Å². The number of amides is 1. The minimum Gasteiger partial charge on any atom is -0.495 e. The number of carbonyl (C=O) groups excluding carboxylic acids is 1. The molecule has 1 aliphatic heterocycles. The average molecular weight is 532 g/mol. The van der Waals surface area contributed by atoms with Gasteiger partial charge in [-0.15, -0.1) is 0 Å². The Hall–Kier alpha value is -2.09. The molecule has 1 fully saturated rings. The molecule has 1 aliphatic rings. The number of aliphatic carboxylic acids is 1. The number of nitrogens with zero attached hydrogens (tertiary/aromatic N) is 2. The molecule has 1 amide bonds. The summed E-state index contributed by atoms with van der Waals surface area (Å²) in [5.41, 5.74) is 0. The van der Waals surface area contributed by atoms with Crippen molar-refractivity contribution in [3.63, 3.8) is 0 Å². The van der Waals surface area contributed by atoms with Crippen LogP contribution in [0, 0.1) is 5.92 Å². The molecule has 0 aromatic heterocycles. The van der Waals surface area contributed by atoms with E-state index in [0.717, 1.165) is 0 Å². The van der Waals surface area contributed by atoms with E-state index in [1.807, 2.05) is 13.8 Å². The van der Waals surface area contributed by atoms with Gasteiger partial charge in [0.15, 0.2) is 0 Å². The number of hydrogen-bond acceptors (Lipinski definition) is 6. The van der Waals surface area contributed by atoms with Gasteiger partial charge in [-0.3, -0.25) is 4.79 Å². The van der Waals surface area contributed by atoms with E-state index in [4.69, 9.17) is 26.2 Å². The van der Waals surface area contributed by atoms with Crippen LogP contribution < -0.4 is 10.1 Å². The smallest absolute Gasteiger partial charge is 0.490 e. The lowest BCUT2D eigenvalue weighted by Crippen LogP contribution is -2.50. The number of carboxylic acid groups (broad SMARTS) is 1. The Kier molecular flexibility index (Phi) is 11.6. The van der Waals surface area contributed by atoms with Crippen LogP contribution in [0.5, 0.6) is 5.75 Å². The Morgan fingerprint density at radius 2 is 1.82 bits per heavy atom. The number of methoxy groups -OCH3 is 1. The van der Waals surface area contributed by atoms with E-state index in [9.17, 15) is 26.4 Å². The monoisotopic (exact) mass is 531 g/mol. The molecule has 9 nitrogen and oxygen atoms in total. The first kappa shape index (κ1) is 29.9. The summed E-state index contributed by atoms with van der Waals surface area (Å²) >= 11 is 6.02. The Labute approximate surface area is 201 Å². The van der Waals surface area contributed by atoms with Crippen molar-refractivity contribution in [3.8, 4) is 5.75 Å². The molecule has 1 aromatic rings. The van der Waals surface area contributed by atoms with Gasteiger partial charge in [-0.1, -0.05) is 25.4 Å². The lowest BCUT2D eigenvalue weighted by molar-refractivity contribution is -0.192. The maximum absolute atomic E-state index is 13.3. The summed E-state index contributed by atoms with van der Waals surface area (Å²) in [4.78, 5) is 23.3. The summed E-state index contributed by atoms with van der Waals surface area (Å²) in [6.07, 6.45) is -4.43. The molecule has 0 unspecified atom stereocenters. The fraction of sp³-hybridized carbons (Fsp3) is 0.600. The topological polar surface area (TPSA) is 116 Å². The standard InChI is InChI=1S/C18H28ClN3O4S.C2HF3O2/c1-14(2)6-9-22(13-18(23)21-10-7-20-8-11-21)27(24,25)17-12-15(19)4-5-16(17)26-3;3-2(4,5)1(6)7/h4-5,12,14,20H,6-11,13H2,1-3H3;(H,6,7). The van der Waals surface area contributed by atoms with Gasteiger partial charge < -0.3 is 20.1 Å². The van der Waals surface area contributed by atoms with Crippen LogP contribution >= 0.6 is 11.6 Å². The third kappa shape index (κ3) is 9.28. The van der Waals surface area contributed by atoms with Gasteiger partial charge in [-0.2, -0.15) is 17.5 Å². The van der Waals surface area contributed by atoms with Gasteiger partial charge in [0.25, 0.3) is 0 Å². The molecule has 2 N–H and O–H groups in total. The number of sulfonamides is 1. The van der Waals surface area contributed by atoms with Gasteiger partial charge in [-0.05, 0) is 30.5 Å². The van der Waals surface area contributed by atoms with Gasteiger partial charge >= 0.3 is 12.1 Å². The van der Waals surface area contributed by atoms with Crippen LogP contribution in [0.25, 0.3) is 0 Å². The molecule has 0 spiro atoms. The fourth-order valence-corrected chi connectivity index (χ4v) is 4.67. The highest BCUT2D eigenvalue weighted by Gasteiger charge is 2.38. The van der Waals surface area contributed by atoms with Crippen LogP contribution in [0.4, 0.5) is 13.2 Å². The zero-order chi connectivity index (χ0) is 26.1.